The summed E-state index contributed by atoms with van der Waals surface area (Å²) >= 11 is 0. The predicted octanol–water partition coefficient (Wildman–Crippen LogP) is 3.42. The molecule has 3 aromatic rings. The molecule has 1 N–H and O–H groups in total. The van der Waals surface area contributed by atoms with Crippen LogP contribution in [-0.4, -0.2) is 39.5 Å². The fourth-order valence-electron chi connectivity index (χ4n) is 2.76. The van der Waals surface area contributed by atoms with Crippen LogP contribution >= 0.6 is 0 Å². The Bertz CT molecular complexity index is 904. The number of fused-ring (bicyclic) bond motifs is 1. The number of rotatable bonds is 3. The molecule has 25 heavy (non-hydrogen) atoms. The Balaban J connectivity index is 1.72. The fourth-order valence-corrected chi connectivity index (χ4v) is 2.76. The molecule has 0 radical (unpaired) electrons. The molecule has 0 amide bonds. The van der Waals surface area contributed by atoms with E-state index < -0.39 is 6.36 Å². The van der Waals surface area contributed by atoms with Crippen molar-refractivity contribution in [3.8, 4) is 17.1 Å². The molecule has 1 aromatic carbocycles. The number of imidazole rings is 1. The maximum Gasteiger partial charge on any atom is 0.573 e. The van der Waals surface area contributed by atoms with Crippen LogP contribution in [0.5, 0.6) is 5.75 Å². The molecule has 0 bridgehead atoms. The normalized spacial score (nSPS) is 18.0. The van der Waals surface area contributed by atoms with Gasteiger partial charge in [0.2, 0.25) is 0 Å². The molecule has 9 heteroatoms. The summed E-state index contributed by atoms with van der Waals surface area (Å²) in [7, 11) is 0. The number of nitrogens with zero attached hydrogens (tertiary/aromatic N) is 3. The summed E-state index contributed by atoms with van der Waals surface area (Å²) in [5.74, 6) is 0.656. The minimum atomic E-state index is -4.78. The molecule has 3 heterocycles. The van der Waals surface area contributed by atoms with Gasteiger partial charge in [-0.2, -0.15) is 0 Å². The molecule has 130 valence electrons. The Labute approximate surface area is 140 Å². The SMILES string of the molecule is FC(F)(F)Oc1ccccc1-c1nc2nc([C@H]3CCOC3)ncc2[nH]1. The maximum absolute atomic E-state index is 12.6. The Morgan fingerprint density at radius 1 is 1.20 bits per heavy atom. The molecular weight excluding hydrogens is 337 g/mol. The summed E-state index contributed by atoms with van der Waals surface area (Å²) in [6, 6.07) is 5.81. The molecule has 6 nitrogen and oxygen atoms in total. The molecule has 1 saturated heterocycles. The van der Waals surface area contributed by atoms with Crippen molar-refractivity contribution in [1.29, 1.82) is 0 Å². The van der Waals surface area contributed by atoms with Gasteiger partial charge in [0.1, 0.15) is 22.9 Å². The molecule has 1 aliphatic rings. The summed E-state index contributed by atoms with van der Waals surface area (Å²) in [4.78, 5) is 16.0. The van der Waals surface area contributed by atoms with Gasteiger partial charge in [-0.15, -0.1) is 13.2 Å². The summed E-state index contributed by atoms with van der Waals surface area (Å²) in [6.45, 7) is 1.23. The first-order valence-electron chi connectivity index (χ1n) is 7.65. The maximum atomic E-state index is 12.6. The van der Waals surface area contributed by atoms with Crippen molar-refractivity contribution in [2.75, 3.05) is 13.2 Å². The third-order valence-electron chi connectivity index (χ3n) is 3.92. The summed E-state index contributed by atoms with van der Waals surface area (Å²) in [5.41, 5.74) is 1.14. The second kappa shape index (κ2) is 5.99. The topological polar surface area (TPSA) is 72.9 Å². The van der Waals surface area contributed by atoms with E-state index in [0.29, 0.717) is 30.2 Å². The summed E-state index contributed by atoms with van der Waals surface area (Å²) in [5, 5.41) is 0. The lowest BCUT2D eigenvalue weighted by molar-refractivity contribution is -0.274. The molecular formula is C16H13F3N4O2. The van der Waals surface area contributed by atoms with Crippen molar-refractivity contribution < 1.29 is 22.6 Å². The number of halogens is 3. The van der Waals surface area contributed by atoms with Gasteiger partial charge in [0, 0.05) is 12.5 Å². The van der Waals surface area contributed by atoms with E-state index in [4.69, 9.17) is 4.74 Å². The lowest BCUT2D eigenvalue weighted by Gasteiger charge is -2.11. The largest absolute Gasteiger partial charge is 0.573 e. The highest BCUT2D eigenvalue weighted by Gasteiger charge is 2.32. The van der Waals surface area contributed by atoms with Crippen molar-refractivity contribution in [3.05, 3.63) is 36.3 Å². The van der Waals surface area contributed by atoms with Crippen LogP contribution in [0.15, 0.2) is 30.5 Å². The molecule has 0 unspecified atom stereocenters. The Morgan fingerprint density at radius 3 is 2.80 bits per heavy atom. The first kappa shape index (κ1) is 15.8. The quantitative estimate of drug-likeness (QED) is 0.784. The number of ether oxygens (including phenoxy) is 2. The lowest BCUT2D eigenvalue weighted by atomic mass is 10.1. The second-order valence-corrected chi connectivity index (χ2v) is 5.66. The second-order valence-electron chi connectivity index (χ2n) is 5.66. The third-order valence-corrected chi connectivity index (χ3v) is 3.92. The number of para-hydroxylation sites is 1. The summed E-state index contributed by atoms with van der Waals surface area (Å²) < 4.78 is 47.1. The van der Waals surface area contributed by atoms with E-state index in [0.717, 1.165) is 6.42 Å². The van der Waals surface area contributed by atoms with Crippen LogP contribution in [0.25, 0.3) is 22.6 Å². The minimum Gasteiger partial charge on any atom is -0.405 e. The van der Waals surface area contributed by atoms with E-state index in [9.17, 15) is 13.2 Å². The predicted molar refractivity (Wildman–Crippen MR) is 82.0 cm³/mol. The number of alkyl halides is 3. The molecule has 0 spiro atoms. The zero-order valence-corrected chi connectivity index (χ0v) is 12.9. The van der Waals surface area contributed by atoms with Crippen LogP contribution in [0, 0.1) is 0 Å². The highest BCUT2D eigenvalue weighted by molar-refractivity contribution is 5.77. The van der Waals surface area contributed by atoms with Crippen molar-refractivity contribution in [2.45, 2.75) is 18.7 Å². The summed E-state index contributed by atoms with van der Waals surface area (Å²) in [6.07, 6.45) is -2.36. The molecule has 0 saturated carbocycles. The van der Waals surface area contributed by atoms with Crippen LogP contribution < -0.4 is 4.74 Å². The van der Waals surface area contributed by atoms with E-state index in [1.807, 2.05) is 0 Å². The molecule has 0 aliphatic carbocycles. The fraction of sp³-hybridized carbons (Fsp3) is 0.312. The number of hydrogen-bond acceptors (Lipinski definition) is 5. The molecule has 4 rings (SSSR count). The minimum absolute atomic E-state index is 0.116. The zero-order valence-electron chi connectivity index (χ0n) is 12.9. The average molecular weight is 350 g/mol. The van der Waals surface area contributed by atoms with E-state index in [1.165, 1.54) is 18.2 Å². The number of benzene rings is 1. The van der Waals surface area contributed by atoms with Gasteiger partial charge in [0.05, 0.1) is 18.4 Å². The van der Waals surface area contributed by atoms with Crippen LogP contribution in [-0.2, 0) is 4.74 Å². The van der Waals surface area contributed by atoms with Gasteiger partial charge < -0.3 is 14.5 Å². The Hall–Kier alpha value is -2.68. The smallest absolute Gasteiger partial charge is 0.405 e. The van der Waals surface area contributed by atoms with Gasteiger partial charge in [-0.3, -0.25) is 0 Å². The highest BCUT2D eigenvalue weighted by Crippen LogP contribution is 2.33. The zero-order chi connectivity index (χ0) is 17.4. The Kier molecular flexibility index (Phi) is 3.79. The van der Waals surface area contributed by atoms with Crippen LogP contribution in [0.1, 0.15) is 18.2 Å². The van der Waals surface area contributed by atoms with Crippen LogP contribution in [0.3, 0.4) is 0 Å². The number of nitrogens with one attached hydrogen (secondary N) is 1. The highest BCUT2D eigenvalue weighted by atomic mass is 19.4. The molecule has 1 atom stereocenters. The van der Waals surface area contributed by atoms with Gasteiger partial charge in [-0.1, -0.05) is 12.1 Å². The number of hydrogen-bond donors (Lipinski definition) is 1. The average Bonchev–Trinajstić information content (AvgIpc) is 3.22. The monoisotopic (exact) mass is 350 g/mol. The standard InChI is InChI=1S/C16H13F3N4O2/c17-16(18,19)25-12-4-2-1-3-10(12)14-21-11-7-20-13(22-15(11)23-14)9-5-6-24-8-9/h1-4,7,9H,5-6,8H2,(H,20,21,22,23)/t9-/m0/s1. The van der Waals surface area contributed by atoms with E-state index in [2.05, 4.69) is 24.7 Å². The number of H-pyrrole nitrogens is 1. The molecule has 2 aromatic heterocycles. The first-order chi connectivity index (χ1) is 12.0. The van der Waals surface area contributed by atoms with Gasteiger partial charge in [-0.25, -0.2) is 15.0 Å². The van der Waals surface area contributed by atoms with Gasteiger partial charge in [0.15, 0.2) is 5.65 Å². The third kappa shape index (κ3) is 3.27. The van der Waals surface area contributed by atoms with Crippen molar-refractivity contribution in [2.24, 2.45) is 0 Å². The number of aromatic amines is 1. The van der Waals surface area contributed by atoms with Crippen molar-refractivity contribution in [1.82, 2.24) is 19.9 Å². The number of aromatic nitrogens is 4. The van der Waals surface area contributed by atoms with Gasteiger partial charge in [-0.05, 0) is 18.6 Å². The van der Waals surface area contributed by atoms with Gasteiger partial charge in [0.25, 0.3) is 0 Å². The first-order valence-corrected chi connectivity index (χ1v) is 7.65. The van der Waals surface area contributed by atoms with Crippen LogP contribution in [0.2, 0.25) is 0 Å². The van der Waals surface area contributed by atoms with Gasteiger partial charge >= 0.3 is 6.36 Å². The molecule has 1 fully saturated rings. The van der Waals surface area contributed by atoms with E-state index >= 15 is 0 Å². The molecule has 1 aliphatic heterocycles. The Morgan fingerprint density at radius 2 is 2.04 bits per heavy atom. The van der Waals surface area contributed by atoms with Crippen molar-refractivity contribution >= 4 is 11.2 Å². The van der Waals surface area contributed by atoms with Crippen molar-refractivity contribution in [3.63, 3.8) is 0 Å². The van der Waals surface area contributed by atoms with E-state index in [-0.39, 0.29) is 23.1 Å². The lowest BCUT2D eigenvalue weighted by Crippen LogP contribution is -2.17. The van der Waals surface area contributed by atoms with E-state index in [1.54, 1.807) is 12.3 Å². The van der Waals surface area contributed by atoms with Crippen LogP contribution in [0.4, 0.5) is 13.2 Å².